The zero-order valence-electron chi connectivity index (χ0n) is 14.0. The molecule has 0 unspecified atom stereocenters. The van der Waals surface area contributed by atoms with Gasteiger partial charge in [0, 0.05) is 31.6 Å². The van der Waals surface area contributed by atoms with Crippen molar-refractivity contribution in [1.29, 1.82) is 0 Å². The highest BCUT2D eigenvalue weighted by Gasteiger charge is 2.47. The highest BCUT2D eigenvalue weighted by molar-refractivity contribution is 7.91. The molecule has 3 rings (SSSR count). The van der Waals surface area contributed by atoms with E-state index in [4.69, 9.17) is 0 Å². The molecule has 138 valence electrons. The third-order valence-electron chi connectivity index (χ3n) is 4.96. The lowest BCUT2D eigenvalue weighted by molar-refractivity contribution is -0.131. The van der Waals surface area contributed by atoms with Crippen molar-refractivity contribution in [3.05, 3.63) is 30.3 Å². The molecule has 2 aliphatic rings. The molecule has 0 saturated carbocycles. The minimum absolute atomic E-state index is 0.0840. The second kappa shape index (κ2) is 6.69. The summed E-state index contributed by atoms with van der Waals surface area (Å²) < 4.78 is 49.7. The zero-order chi connectivity index (χ0) is 18.2. The fourth-order valence-corrected chi connectivity index (χ4v) is 6.20. The Morgan fingerprint density at radius 1 is 1.04 bits per heavy atom. The van der Waals surface area contributed by atoms with E-state index in [9.17, 15) is 21.6 Å². The highest BCUT2D eigenvalue weighted by Crippen LogP contribution is 2.33. The van der Waals surface area contributed by atoms with Crippen LogP contribution in [0.2, 0.25) is 0 Å². The van der Waals surface area contributed by atoms with Gasteiger partial charge in [-0.1, -0.05) is 18.2 Å². The average molecular weight is 386 g/mol. The topological polar surface area (TPSA) is 91.8 Å². The third kappa shape index (κ3) is 3.73. The lowest BCUT2D eigenvalue weighted by atomic mass is 10.1. The number of sulfone groups is 1. The number of carbonyl (C=O) groups is 1. The molecule has 2 heterocycles. The maximum absolute atomic E-state index is 12.5. The number of amides is 1. The second-order valence-electron chi connectivity index (χ2n) is 6.55. The van der Waals surface area contributed by atoms with Gasteiger partial charge in [-0.2, -0.15) is 4.31 Å². The van der Waals surface area contributed by atoms with Gasteiger partial charge >= 0.3 is 0 Å². The molecule has 0 aliphatic carbocycles. The van der Waals surface area contributed by atoms with E-state index in [-0.39, 0.29) is 35.1 Å². The minimum Gasteiger partial charge on any atom is -0.338 e. The normalized spacial score (nSPS) is 24.4. The summed E-state index contributed by atoms with van der Waals surface area (Å²) in [7, 11) is -6.77. The second-order valence-corrected chi connectivity index (χ2v) is 10.6. The first kappa shape index (κ1) is 18.3. The summed E-state index contributed by atoms with van der Waals surface area (Å²) >= 11 is 0. The number of likely N-dealkylation sites (tertiary alicyclic amines) is 1. The van der Waals surface area contributed by atoms with E-state index in [0.29, 0.717) is 25.9 Å². The molecule has 7 nitrogen and oxygen atoms in total. The fourth-order valence-electron chi connectivity index (χ4n) is 3.78. The van der Waals surface area contributed by atoms with Crippen molar-refractivity contribution < 1.29 is 21.6 Å². The van der Waals surface area contributed by atoms with Crippen LogP contribution in [0.25, 0.3) is 0 Å². The Hall–Kier alpha value is -1.45. The van der Waals surface area contributed by atoms with Gasteiger partial charge in [-0.25, -0.2) is 16.8 Å². The van der Waals surface area contributed by atoms with E-state index in [1.165, 1.54) is 22.7 Å². The molecule has 25 heavy (non-hydrogen) atoms. The first-order valence-corrected chi connectivity index (χ1v) is 11.7. The number of hydrogen-bond donors (Lipinski definition) is 0. The molecular formula is C16H22N2O5S2. The van der Waals surface area contributed by atoms with Crippen LogP contribution in [0.4, 0.5) is 0 Å². The molecule has 1 aromatic carbocycles. The van der Waals surface area contributed by atoms with Gasteiger partial charge in [-0.15, -0.1) is 0 Å². The summed E-state index contributed by atoms with van der Waals surface area (Å²) in [4.78, 5) is 14.4. The molecule has 2 atom stereocenters. The summed E-state index contributed by atoms with van der Waals surface area (Å²) in [5.74, 6) is -0.457. The Kier molecular flexibility index (Phi) is 4.91. The molecule has 0 N–H and O–H groups in total. The maximum atomic E-state index is 12.5. The van der Waals surface area contributed by atoms with Crippen molar-refractivity contribution in [1.82, 2.24) is 9.21 Å². The van der Waals surface area contributed by atoms with Crippen LogP contribution in [-0.2, 0) is 24.7 Å². The fraction of sp³-hybridized carbons (Fsp3) is 0.562. The van der Waals surface area contributed by atoms with Crippen LogP contribution in [-0.4, -0.2) is 69.1 Å². The van der Waals surface area contributed by atoms with Gasteiger partial charge < -0.3 is 4.90 Å². The zero-order valence-corrected chi connectivity index (χ0v) is 15.7. The standard InChI is InChI=1S/C16H22N2O5S2/c1-24(20,21)18-11-8-14-15(18)7-10-17(14)16(19)9-12-25(22,23)13-5-3-2-4-6-13/h2-6,14-15H,7-12H2,1H3/t14-,15-/m0/s1. The van der Waals surface area contributed by atoms with Crippen molar-refractivity contribution in [3.63, 3.8) is 0 Å². The molecular weight excluding hydrogens is 364 g/mol. The van der Waals surface area contributed by atoms with Crippen molar-refractivity contribution in [2.75, 3.05) is 25.1 Å². The Morgan fingerprint density at radius 3 is 2.32 bits per heavy atom. The lowest BCUT2D eigenvalue weighted by Crippen LogP contribution is -2.41. The van der Waals surface area contributed by atoms with E-state index in [1.807, 2.05) is 0 Å². The van der Waals surface area contributed by atoms with Crippen LogP contribution >= 0.6 is 0 Å². The van der Waals surface area contributed by atoms with Gasteiger partial charge in [0.05, 0.1) is 16.9 Å². The Morgan fingerprint density at radius 2 is 1.68 bits per heavy atom. The molecule has 9 heteroatoms. The van der Waals surface area contributed by atoms with Crippen LogP contribution < -0.4 is 0 Å². The van der Waals surface area contributed by atoms with E-state index < -0.39 is 19.9 Å². The summed E-state index contributed by atoms with van der Waals surface area (Å²) in [6.07, 6.45) is 2.31. The summed E-state index contributed by atoms with van der Waals surface area (Å²) in [5.41, 5.74) is 0. The molecule has 0 spiro atoms. The molecule has 2 fully saturated rings. The summed E-state index contributed by atoms with van der Waals surface area (Å²) in [5, 5.41) is 0. The minimum atomic E-state index is -3.49. The number of carbonyl (C=O) groups excluding carboxylic acids is 1. The van der Waals surface area contributed by atoms with Crippen LogP contribution in [0.5, 0.6) is 0 Å². The van der Waals surface area contributed by atoms with Crippen LogP contribution in [0.1, 0.15) is 19.3 Å². The average Bonchev–Trinajstić information content (AvgIpc) is 3.14. The smallest absolute Gasteiger partial charge is 0.223 e. The van der Waals surface area contributed by atoms with Gasteiger partial charge in [0.15, 0.2) is 9.84 Å². The van der Waals surface area contributed by atoms with E-state index in [0.717, 1.165) is 0 Å². The number of fused-ring (bicyclic) bond motifs is 1. The predicted octanol–water partition coefficient (Wildman–Crippen LogP) is 0.485. The van der Waals surface area contributed by atoms with Gasteiger partial charge in [-0.05, 0) is 25.0 Å². The molecule has 2 aliphatic heterocycles. The molecule has 2 saturated heterocycles. The number of hydrogen-bond acceptors (Lipinski definition) is 5. The van der Waals surface area contributed by atoms with E-state index in [2.05, 4.69) is 0 Å². The van der Waals surface area contributed by atoms with Crippen molar-refractivity contribution >= 4 is 25.8 Å². The summed E-state index contributed by atoms with van der Waals surface area (Å²) in [6.45, 7) is 0.895. The number of rotatable bonds is 5. The van der Waals surface area contributed by atoms with Gasteiger partial charge in [0.25, 0.3) is 0 Å². The molecule has 1 amide bonds. The maximum Gasteiger partial charge on any atom is 0.223 e. The molecule has 0 bridgehead atoms. The van der Waals surface area contributed by atoms with Crippen LogP contribution in [0.3, 0.4) is 0 Å². The van der Waals surface area contributed by atoms with Crippen LogP contribution in [0, 0.1) is 0 Å². The lowest BCUT2D eigenvalue weighted by Gasteiger charge is -2.24. The quantitative estimate of drug-likeness (QED) is 0.734. The van der Waals surface area contributed by atoms with Crippen molar-refractivity contribution in [2.24, 2.45) is 0 Å². The first-order chi connectivity index (χ1) is 11.7. The Labute approximate surface area is 148 Å². The predicted molar refractivity (Wildman–Crippen MR) is 93.2 cm³/mol. The van der Waals surface area contributed by atoms with E-state index in [1.54, 1.807) is 23.1 Å². The van der Waals surface area contributed by atoms with Crippen molar-refractivity contribution in [2.45, 2.75) is 36.2 Å². The largest absolute Gasteiger partial charge is 0.338 e. The van der Waals surface area contributed by atoms with Gasteiger partial charge in [-0.3, -0.25) is 4.79 Å². The Balaban J connectivity index is 1.64. The molecule has 0 radical (unpaired) electrons. The SMILES string of the molecule is CS(=O)(=O)N1CC[C@H]2[C@@H]1CCN2C(=O)CCS(=O)(=O)c1ccccc1. The van der Waals surface area contributed by atoms with Gasteiger partial charge in [0.1, 0.15) is 0 Å². The van der Waals surface area contributed by atoms with E-state index >= 15 is 0 Å². The van der Waals surface area contributed by atoms with Gasteiger partial charge in [0.2, 0.25) is 15.9 Å². The third-order valence-corrected chi connectivity index (χ3v) is 8.00. The van der Waals surface area contributed by atoms with Crippen LogP contribution in [0.15, 0.2) is 35.2 Å². The highest BCUT2D eigenvalue weighted by atomic mass is 32.2. The van der Waals surface area contributed by atoms with Crippen molar-refractivity contribution in [3.8, 4) is 0 Å². The Bertz CT molecular complexity index is 852. The summed E-state index contributed by atoms with van der Waals surface area (Å²) in [6, 6.07) is 7.77. The number of benzene rings is 1. The molecule has 0 aromatic heterocycles. The number of sulfonamides is 1. The first-order valence-electron chi connectivity index (χ1n) is 8.24. The monoisotopic (exact) mass is 386 g/mol. The number of nitrogens with zero attached hydrogens (tertiary/aromatic N) is 2. The molecule has 1 aromatic rings.